The Balaban J connectivity index is 1.71. The number of ether oxygens (including phenoxy) is 1. The second-order valence-corrected chi connectivity index (χ2v) is 6.94. The molecule has 5 nitrogen and oxygen atoms in total. The third-order valence-electron chi connectivity index (χ3n) is 4.38. The van der Waals surface area contributed by atoms with E-state index >= 15 is 0 Å². The van der Waals surface area contributed by atoms with Crippen molar-refractivity contribution in [1.29, 1.82) is 0 Å². The lowest BCUT2D eigenvalue weighted by atomic mass is 10.1. The van der Waals surface area contributed by atoms with Gasteiger partial charge in [-0.05, 0) is 23.6 Å². The Morgan fingerprint density at radius 3 is 3.00 bits per heavy atom. The summed E-state index contributed by atoms with van der Waals surface area (Å²) in [5, 5.41) is 3.49. The summed E-state index contributed by atoms with van der Waals surface area (Å²) in [6.07, 6.45) is 3.89. The molecule has 1 unspecified atom stereocenters. The van der Waals surface area contributed by atoms with E-state index in [0.29, 0.717) is 12.0 Å². The lowest BCUT2D eigenvalue weighted by Gasteiger charge is -2.35. The molecule has 5 heteroatoms. The van der Waals surface area contributed by atoms with Gasteiger partial charge in [0.25, 0.3) is 0 Å². The minimum Gasteiger partial charge on any atom is -0.493 e. The molecule has 2 heterocycles. The standard InChI is InChI=1S/C19H28N4O/c1-15(2)14-24-17-6-4-5-16(11-17)13-23-10-7-20-12-18(23)19-21-8-9-22(19)3/h4-6,8-9,11,15,18,20H,7,10,12-14H2,1-3H3. The van der Waals surface area contributed by atoms with Gasteiger partial charge < -0.3 is 14.6 Å². The number of hydrogen-bond donors (Lipinski definition) is 1. The molecular weight excluding hydrogens is 300 g/mol. The molecule has 1 saturated heterocycles. The van der Waals surface area contributed by atoms with Crippen molar-refractivity contribution in [3.05, 3.63) is 48.0 Å². The van der Waals surface area contributed by atoms with Gasteiger partial charge in [0.15, 0.2) is 0 Å². The van der Waals surface area contributed by atoms with E-state index in [9.17, 15) is 0 Å². The van der Waals surface area contributed by atoms with Crippen molar-refractivity contribution < 1.29 is 4.74 Å². The van der Waals surface area contributed by atoms with Crippen LogP contribution in [0.5, 0.6) is 5.75 Å². The van der Waals surface area contributed by atoms with E-state index in [0.717, 1.165) is 44.4 Å². The quantitative estimate of drug-likeness (QED) is 0.885. The molecule has 0 aliphatic carbocycles. The van der Waals surface area contributed by atoms with E-state index in [2.05, 4.69) is 58.9 Å². The van der Waals surface area contributed by atoms with E-state index in [-0.39, 0.29) is 0 Å². The molecular formula is C19H28N4O. The van der Waals surface area contributed by atoms with Gasteiger partial charge in [-0.25, -0.2) is 4.98 Å². The second kappa shape index (κ2) is 7.81. The third kappa shape index (κ3) is 4.16. The zero-order valence-electron chi connectivity index (χ0n) is 14.9. The van der Waals surface area contributed by atoms with Gasteiger partial charge in [-0.3, -0.25) is 4.90 Å². The van der Waals surface area contributed by atoms with Crippen LogP contribution in [-0.2, 0) is 13.6 Å². The van der Waals surface area contributed by atoms with Crippen molar-refractivity contribution in [3.63, 3.8) is 0 Å². The summed E-state index contributed by atoms with van der Waals surface area (Å²) >= 11 is 0. The van der Waals surface area contributed by atoms with Gasteiger partial charge >= 0.3 is 0 Å². The molecule has 0 radical (unpaired) electrons. The van der Waals surface area contributed by atoms with Crippen molar-refractivity contribution in [2.45, 2.75) is 26.4 Å². The predicted octanol–water partition coefficient (Wildman–Crippen LogP) is 2.60. The van der Waals surface area contributed by atoms with E-state index in [1.807, 2.05) is 18.5 Å². The minimum atomic E-state index is 0.305. The fourth-order valence-electron chi connectivity index (χ4n) is 3.12. The molecule has 1 aromatic carbocycles. The summed E-state index contributed by atoms with van der Waals surface area (Å²) in [4.78, 5) is 7.05. The number of aryl methyl sites for hydroxylation is 1. The van der Waals surface area contributed by atoms with Crippen LogP contribution in [0.3, 0.4) is 0 Å². The molecule has 1 atom stereocenters. The van der Waals surface area contributed by atoms with Crippen LogP contribution in [0.25, 0.3) is 0 Å². The molecule has 1 fully saturated rings. The Morgan fingerprint density at radius 2 is 2.25 bits per heavy atom. The molecule has 0 amide bonds. The summed E-state index contributed by atoms with van der Waals surface area (Å²) in [5.74, 6) is 2.62. The Hall–Kier alpha value is -1.85. The molecule has 130 valence electrons. The molecule has 0 bridgehead atoms. The summed E-state index contributed by atoms with van der Waals surface area (Å²) < 4.78 is 7.99. The fourth-order valence-corrected chi connectivity index (χ4v) is 3.12. The Kier molecular flexibility index (Phi) is 5.53. The molecule has 1 aromatic heterocycles. The zero-order chi connectivity index (χ0) is 16.9. The van der Waals surface area contributed by atoms with E-state index in [1.165, 1.54) is 5.56 Å². The first-order valence-electron chi connectivity index (χ1n) is 8.77. The minimum absolute atomic E-state index is 0.305. The first-order chi connectivity index (χ1) is 11.6. The molecule has 3 rings (SSSR count). The van der Waals surface area contributed by atoms with Gasteiger partial charge in [0.2, 0.25) is 0 Å². The topological polar surface area (TPSA) is 42.3 Å². The Bertz CT molecular complexity index is 652. The Labute approximate surface area is 144 Å². The second-order valence-electron chi connectivity index (χ2n) is 6.94. The van der Waals surface area contributed by atoms with Crippen molar-refractivity contribution in [2.75, 3.05) is 26.2 Å². The van der Waals surface area contributed by atoms with Gasteiger partial charge in [-0.15, -0.1) is 0 Å². The van der Waals surface area contributed by atoms with Gasteiger partial charge in [-0.1, -0.05) is 26.0 Å². The van der Waals surface area contributed by atoms with E-state index < -0.39 is 0 Å². The van der Waals surface area contributed by atoms with Gasteiger partial charge in [0.05, 0.1) is 12.6 Å². The highest BCUT2D eigenvalue weighted by atomic mass is 16.5. The molecule has 24 heavy (non-hydrogen) atoms. The zero-order valence-corrected chi connectivity index (χ0v) is 14.9. The normalized spacial score (nSPS) is 18.9. The number of nitrogens with one attached hydrogen (secondary N) is 1. The van der Waals surface area contributed by atoms with E-state index in [1.54, 1.807) is 0 Å². The largest absolute Gasteiger partial charge is 0.493 e. The summed E-state index contributed by atoms with van der Waals surface area (Å²) in [7, 11) is 2.06. The molecule has 1 aliphatic heterocycles. The van der Waals surface area contributed by atoms with Crippen molar-refractivity contribution in [2.24, 2.45) is 13.0 Å². The summed E-state index contributed by atoms with van der Waals surface area (Å²) in [5.41, 5.74) is 1.29. The smallest absolute Gasteiger partial charge is 0.127 e. The highest BCUT2D eigenvalue weighted by Crippen LogP contribution is 2.24. The van der Waals surface area contributed by atoms with Crippen LogP contribution < -0.4 is 10.1 Å². The lowest BCUT2D eigenvalue weighted by Crippen LogP contribution is -2.46. The number of benzene rings is 1. The Morgan fingerprint density at radius 1 is 1.38 bits per heavy atom. The van der Waals surface area contributed by atoms with Crippen LogP contribution >= 0.6 is 0 Å². The van der Waals surface area contributed by atoms with Gasteiger partial charge in [-0.2, -0.15) is 0 Å². The SMILES string of the molecule is CC(C)COc1cccc(CN2CCNCC2c2nccn2C)c1. The predicted molar refractivity (Wildman–Crippen MR) is 96.0 cm³/mol. The lowest BCUT2D eigenvalue weighted by molar-refractivity contribution is 0.144. The molecule has 2 aromatic rings. The first kappa shape index (κ1) is 17.0. The maximum Gasteiger partial charge on any atom is 0.127 e. The number of rotatable bonds is 6. The number of nitrogens with zero attached hydrogens (tertiary/aromatic N) is 3. The van der Waals surface area contributed by atoms with Crippen molar-refractivity contribution in [1.82, 2.24) is 19.8 Å². The molecule has 1 aliphatic rings. The maximum atomic E-state index is 5.87. The first-order valence-corrected chi connectivity index (χ1v) is 8.77. The summed E-state index contributed by atoms with van der Waals surface area (Å²) in [6, 6.07) is 8.78. The average molecular weight is 328 g/mol. The molecule has 0 spiro atoms. The monoisotopic (exact) mass is 328 g/mol. The number of imidazole rings is 1. The van der Waals surface area contributed by atoms with Crippen molar-refractivity contribution >= 4 is 0 Å². The molecule has 1 N–H and O–H groups in total. The average Bonchev–Trinajstić information content (AvgIpc) is 3.00. The van der Waals surface area contributed by atoms with Gasteiger partial charge in [0, 0.05) is 45.6 Å². The van der Waals surface area contributed by atoms with Crippen molar-refractivity contribution in [3.8, 4) is 5.75 Å². The van der Waals surface area contributed by atoms with Crippen LogP contribution in [0.15, 0.2) is 36.7 Å². The van der Waals surface area contributed by atoms with Crippen LogP contribution in [0.1, 0.15) is 31.3 Å². The number of hydrogen-bond acceptors (Lipinski definition) is 4. The van der Waals surface area contributed by atoms with E-state index in [4.69, 9.17) is 4.74 Å². The molecule has 0 saturated carbocycles. The highest BCUT2D eigenvalue weighted by molar-refractivity contribution is 5.28. The number of aromatic nitrogens is 2. The maximum absolute atomic E-state index is 5.87. The highest BCUT2D eigenvalue weighted by Gasteiger charge is 2.26. The fraction of sp³-hybridized carbons (Fsp3) is 0.526. The number of piperazine rings is 1. The van der Waals surface area contributed by atoms with Crippen LogP contribution in [-0.4, -0.2) is 40.7 Å². The third-order valence-corrected chi connectivity index (χ3v) is 4.38. The summed E-state index contributed by atoms with van der Waals surface area (Å²) in [6.45, 7) is 8.99. The van der Waals surface area contributed by atoms with Crippen LogP contribution in [0, 0.1) is 5.92 Å². The van der Waals surface area contributed by atoms with Gasteiger partial charge in [0.1, 0.15) is 11.6 Å². The van der Waals surface area contributed by atoms with Crippen LogP contribution in [0.4, 0.5) is 0 Å². The van der Waals surface area contributed by atoms with Crippen LogP contribution in [0.2, 0.25) is 0 Å².